The van der Waals surface area contributed by atoms with Crippen molar-refractivity contribution < 1.29 is 55.8 Å². The minimum atomic E-state index is -1.07. The van der Waals surface area contributed by atoms with Crippen molar-refractivity contribution in [2.75, 3.05) is 0 Å². The zero-order valence-corrected chi connectivity index (χ0v) is 17.0. The normalized spacial score (nSPS) is 10.2. The molecule has 0 N–H and O–H groups in total. The van der Waals surface area contributed by atoms with Crippen LogP contribution in [0.25, 0.3) is 0 Å². The van der Waals surface area contributed by atoms with Crippen molar-refractivity contribution in [3.8, 4) is 0 Å². The van der Waals surface area contributed by atoms with Crippen LogP contribution in [0.5, 0.6) is 0 Å². The van der Waals surface area contributed by atoms with Crippen molar-refractivity contribution in [1.29, 1.82) is 0 Å². The summed E-state index contributed by atoms with van der Waals surface area (Å²) >= 11 is 0. The molecule has 0 bridgehead atoms. The maximum Gasteiger partial charge on any atom is 4.00 e. The molecule has 1 rings (SSSR count). The first-order valence-corrected chi connectivity index (χ1v) is 12.0. The Morgan fingerprint density at radius 2 is 1.29 bits per heavy atom. The van der Waals surface area contributed by atoms with E-state index in [1.165, 1.54) is 0 Å². The Kier molecular flexibility index (Phi) is 14.5. The third-order valence-corrected chi connectivity index (χ3v) is 6.57. The largest absolute Gasteiger partial charge is 4.00 e. The van der Waals surface area contributed by atoms with E-state index in [0.29, 0.717) is 0 Å². The summed E-state index contributed by atoms with van der Waals surface area (Å²) in [6.07, 6.45) is 0. The molecule has 0 aromatic heterocycles. The standard InChI is InChI=1S/C11H21Si2.3ClH.V/c1-12(2,3)10-7-8-11(9-10)13(4,5)6;;;;/h7-9H,1-6H3;3*1H;/q-1;;;;+4/p-3. The molecule has 0 aliphatic rings. The first kappa shape index (κ1) is 26.7. The summed E-state index contributed by atoms with van der Waals surface area (Å²) in [6, 6.07) is 7.15. The Morgan fingerprint density at radius 1 is 0.882 bits per heavy atom. The SMILES string of the molecule is C[Si](C)(C)c1cc[c-]([Si](C)(C)C)c1.[Cl-].[Cl-].[Cl-].[V+4]. The smallest absolute Gasteiger partial charge is 1.00 e. The zero-order valence-electron chi connectivity index (χ0n) is 11.3. The van der Waals surface area contributed by atoms with Gasteiger partial charge in [0.1, 0.15) is 0 Å². The molecule has 0 saturated heterocycles. The minimum Gasteiger partial charge on any atom is -1.00 e. The molecule has 0 fully saturated rings. The van der Waals surface area contributed by atoms with Crippen LogP contribution < -0.4 is 47.6 Å². The van der Waals surface area contributed by atoms with E-state index < -0.39 is 16.1 Å². The third kappa shape index (κ3) is 8.09. The second kappa shape index (κ2) is 9.19. The van der Waals surface area contributed by atoms with Crippen molar-refractivity contribution in [2.45, 2.75) is 39.3 Å². The summed E-state index contributed by atoms with van der Waals surface area (Å²) in [5, 5.41) is 3.23. The summed E-state index contributed by atoms with van der Waals surface area (Å²) in [4.78, 5) is 0. The first-order valence-electron chi connectivity index (χ1n) is 4.99. The fourth-order valence-electron chi connectivity index (χ4n) is 1.38. The fraction of sp³-hybridized carbons (Fsp3) is 0.545. The molecule has 1 aromatic carbocycles. The van der Waals surface area contributed by atoms with Crippen LogP contribution in [0.15, 0.2) is 18.2 Å². The molecule has 0 unspecified atom stereocenters. The molecule has 0 aliphatic carbocycles. The predicted molar refractivity (Wildman–Crippen MR) is 68.0 cm³/mol. The molecule has 1 radical (unpaired) electrons. The van der Waals surface area contributed by atoms with Gasteiger partial charge in [-0.1, -0.05) is 39.3 Å². The van der Waals surface area contributed by atoms with Gasteiger partial charge in [0.2, 0.25) is 0 Å². The van der Waals surface area contributed by atoms with Gasteiger partial charge in [-0.05, 0) is 0 Å². The van der Waals surface area contributed by atoms with Crippen LogP contribution in [-0.2, 0) is 18.6 Å². The maximum atomic E-state index is 2.46. The molecule has 6 heteroatoms. The van der Waals surface area contributed by atoms with Crippen LogP contribution in [-0.4, -0.2) is 16.1 Å². The molecule has 1 aromatic rings. The van der Waals surface area contributed by atoms with E-state index >= 15 is 0 Å². The monoisotopic (exact) mass is 365 g/mol. The van der Waals surface area contributed by atoms with Crippen molar-refractivity contribution in [3.63, 3.8) is 0 Å². The molecule has 0 aliphatic heterocycles. The van der Waals surface area contributed by atoms with Gasteiger partial charge in [-0.3, -0.25) is 0 Å². The van der Waals surface area contributed by atoms with Gasteiger partial charge in [-0.2, -0.15) is 17.3 Å². The Labute approximate surface area is 139 Å². The number of hydrogen-bond donors (Lipinski definition) is 0. The summed E-state index contributed by atoms with van der Waals surface area (Å²) < 4.78 is 0. The predicted octanol–water partition coefficient (Wildman–Crippen LogP) is -6.49. The average Bonchev–Trinajstić information content (AvgIpc) is 2.28. The third-order valence-electron chi connectivity index (χ3n) is 2.49. The second-order valence-corrected chi connectivity index (χ2v) is 16.0. The van der Waals surface area contributed by atoms with Crippen LogP contribution >= 0.6 is 0 Å². The Bertz CT molecular complexity index is 272. The number of halogens is 3. The number of hydrogen-bond acceptors (Lipinski definition) is 0. The molecule has 0 amide bonds. The molecule has 17 heavy (non-hydrogen) atoms. The quantitative estimate of drug-likeness (QED) is 0.361. The van der Waals surface area contributed by atoms with E-state index in [0.717, 1.165) is 0 Å². The molecular weight excluding hydrogens is 346 g/mol. The van der Waals surface area contributed by atoms with Gasteiger partial charge < -0.3 is 37.2 Å². The van der Waals surface area contributed by atoms with Gasteiger partial charge in [-0.15, -0.1) is 0 Å². The molecule has 0 nitrogen and oxygen atoms in total. The topological polar surface area (TPSA) is 0 Å². The summed E-state index contributed by atoms with van der Waals surface area (Å²) in [5.41, 5.74) is 0. The fourth-order valence-corrected chi connectivity index (χ4v) is 3.86. The maximum absolute atomic E-state index is 2.46. The van der Waals surface area contributed by atoms with E-state index in [-0.39, 0.29) is 55.8 Å². The molecule has 0 atom stereocenters. The van der Waals surface area contributed by atoms with E-state index in [4.69, 9.17) is 0 Å². The molecule has 0 saturated carbocycles. The van der Waals surface area contributed by atoms with Gasteiger partial charge in [0.15, 0.2) is 0 Å². The van der Waals surface area contributed by atoms with Crippen LogP contribution in [0, 0.1) is 0 Å². The molecule has 0 spiro atoms. The second-order valence-electron chi connectivity index (χ2n) is 5.89. The number of rotatable bonds is 2. The van der Waals surface area contributed by atoms with E-state index in [2.05, 4.69) is 57.5 Å². The van der Waals surface area contributed by atoms with Crippen molar-refractivity contribution >= 4 is 26.5 Å². The summed E-state index contributed by atoms with van der Waals surface area (Å²) in [6.45, 7) is 14.5. The minimum absolute atomic E-state index is 0. The molecular formula is C11H21Cl3Si2V. The summed E-state index contributed by atoms with van der Waals surface area (Å²) in [7, 11) is -2.14. The van der Waals surface area contributed by atoms with Crippen molar-refractivity contribution in [3.05, 3.63) is 18.2 Å². The van der Waals surface area contributed by atoms with Gasteiger partial charge in [0.05, 0.1) is 0 Å². The van der Waals surface area contributed by atoms with E-state index in [9.17, 15) is 0 Å². The van der Waals surface area contributed by atoms with Gasteiger partial charge in [0, 0.05) is 16.1 Å². The first-order chi connectivity index (χ1) is 5.71. The molecule has 0 heterocycles. The molecule has 99 valence electrons. The average molecular weight is 367 g/mol. The van der Waals surface area contributed by atoms with Crippen molar-refractivity contribution in [1.82, 2.24) is 0 Å². The van der Waals surface area contributed by atoms with Crippen LogP contribution in [0.3, 0.4) is 0 Å². The summed E-state index contributed by atoms with van der Waals surface area (Å²) in [5.74, 6) is 0. The van der Waals surface area contributed by atoms with Gasteiger partial charge >= 0.3 is 18.6 Å². The van der Waals surface area contributed by atoms with Gasteiger partial charge in [0.25, 0.3) is 0 Å². The van der Waals surface area contributed by atoms with Crippen LogP contribution in [0.1, 0.15) is 0 Å². The van der Waals surface area contributed by atoms with Crippen LogP contribution in [0.2, 0.25) is 39.3 Å². The Hall–Kier alpha value is 1.24. The van der Waals surface area contributed by atoms with Crippen LogP contribution in [0.4, 0.5) is 0 Å². The van der Waals surface area contributed by atoms with E-state index in [1.807, 2.05) is 0 Å². The zero-order chi connectivity index (χ0) is 10.3. The van der Waals surface area contributed by atoms with Gasteiger partial charge in [-0.25, -0.2) is 11.3 Å². The Morgan fingerprint density at radius 3 is 1.47 bits per heavy atom. The van der Waals surface area contributed by atoms with E-state index in [1.54, 1.807) is 10.4 Å². The van der Waals surface area contributed by atoms with Crippen molar-refractivity contribution in [2.24, 2.45) is 0 Å². The Balaban J connectivity index is -0.000000211.